The number of imide groups is 1. The highest BCUT2D eigenvalue weighted by molar-refractivity contribution is 6.00. The summed E-state index contributed by atoms with van der Waals surface area (Å²) < 4.78 is 36.8. The summed E-state index contributed by atoms with van der Waals surface area (Å²) in [5.41, 5.74) is 6.93. The summed E-state index contributed by atoms with van der Waals surface area (Å²) in [7, 11) is 3.53. The fourth-order valence-corrected chi connectivity index (χ4v) is 11.4. The number of aryl methyl sites for hydroxylation is 1. The molecule has 4 saturated heterocycles. The molecule has 0 bridgehead atoms. The van der Waals surface area contributed by atoms with E-state index in [-0.39, 0.29) is 54.9 Å². The summed E-state index contributed by atoms with van der Waals surface area (Å²) in [6, 6.07) is 12.6. The number of rotatable bonds is 8. The largest absolute Gasteiger partial charge is 0.385 e. The van der Waals surface area contributed by atoms with E-state index < -0.39 is 23.9 Å². The highest BCUT2D eigenvalue weighted by Gasteiger charge is 2.49. The molecule has 350 valence electrons. The summed E-state index contributed by atoms with van der Waals surface area (Å²) in [6.45, 7) is 4.20. The first kappa shape index (κ1) is 43.3. The third kappa shape index (κ3) is 7.89. The average molecular weight is 915 g/mol. The van der Waals surface area contributed by atoms with Gasteiger partial charge in [-0.05, 0) is 112 Å². The molecule has 5 fully saturated rings. The Morgan fingerprint density at radius 2 is 1.72 bits per heavy atom. The number of piperidine rings is 4. The molecule has 2 aromatic carbocycles. The third-order valence-electron chi connectivity index (χ3n) is 15.4. The molecule has 8 heterocycles. The van der Waals surface area contributed by atoms with E-state index in [0.717, 1.165) is 91.7 Å². The van der Waals surface area contributed by atoms with Crippen LogP contribution in [0, 0.1) is 17.3 Å². The van der Waals surface area contributed by atoms with E-state index >= 15 is 8.78 Å². The van der Waals surface area contributed by atoms with Crippen molar-refractivity contribution in [3.05, 3.63) is 76.0 Å². The molecule has 3 amide bonds. The number of likely N-dealkylation sites (tertiary alicyclic amines) is 2. The number of benzene rings is 2. The van der Waals surface area contributed by atoms with Crippen LogP contribution in [0.1, 0.15) is 85.4 Å². The summed E-state index contributed by atoms with van der Waals surface area (Å²) in [4.78, 5) is 63.5. The molecule has 18 heteroatoms. The fraction of sp³-hybridized carbons (Fsp3) is 0.510. The van der Waals surface area contributed by atoms with E-state index in [9.17, 15) is 19.2 Å². The third-order valence-corrected chi connectivity index (χ3v) is 15.4. The van der Waals surface area contributed by atoms with Crippen LogP contribution in [0.3, 0.4) is 0 Å². The predicted octanol–water partition coefficient (Wildman–Crippen LogP) is 4.43. The Bertz CT molecular complexity index is 2930. The Hall–Kier alpha value is -6.32. The standard InChI is InChI=1S/C49H56F2N12O4/c1-52-35-28-42(56-63-40(29-53-44(35)63)46(66)54-32-8-9-32)61-22-14-34-31(5-3-7-36(34)61)6-4-20-58-21-15-41(49(50,51)30-58)60-25-18-48(19-26-60)16-23-59(24-17-48)33-10-11-37-39(27-33)57(2)47(67)62(37)38-12-13-43(64)55-45(38)65/h3,5,7,10-11,27-29,32,38,41,52H,8-9,12-26,30H2,1-2H3,(H,54,66)(H,55,64,65). The molecule has 2 unspecified atom stereocenters. The van der Waals surface area contributed by atoms with Crippen molar-refractivity contribution < 1.29 is 23.2 Å². The Balaban J connectivity index is 0.693. The smallest absolute Gasteiger partial charge is 0.329 e. The van der Waals surface area contributed by atoms with Crippen LogP contribution in [0.25, 0.3) is 16.7 Å². The molecule has 6 aliphatic rings. The van der Waals surface area contributed by atoms with E-state index in [1.807, 2.05) is 54.4 Å². The number of alkyl halides is 2. The van der Waals surface area contributed by atoms with Gasteiger partial charge in [-0.2, -0.15) is 0 Å². The molecular weight excluding hydrogens is 859 g/mol. The molecule has 11 rings (SSSR count). The second-order valence-electron chi connectivity index (χ2n) is 19.5. The van der Waals surface area contributed by atoms with Gasteiger partial charge in [0.15, 0.2) is 17.2 Å². The monoisotopic (exact) mass is 914 g/mol. The number of carbonyl (C=O) groups excluding carboxylic acids is 3. The fourth-order valence-electron chi connectivity index (χ4n) is 11.4. The summed E-state index contributed by atoms with van der Waals surface area (Å²) in [6.07, 6.45) is 8.90. The van der Waals surface area contributed by atoms with Gasteiger partial charge in [-0.3, -0.25) is 38.6 Å². The molecule has 1 aliphatic carbocycles. The number of carbonyl (C=O) groups is 3. The maximum atomic E-state index is 16.0. The summed E-state index contributed by atoms with van der Waals surface area (Å²) >= 11 is 0. The quantitative estimate of drug-likeness (QED) is 0.150. The lowest BCUT2D eigenvalue weighted by molar-refractivity contribution is -0.136. The molecule has 3 N–H and O–H groups in total. The molecular formula is C49H56F2N12O4. The van der Waals surface area contributed by atoms with E-state index in [1.54, 1.807) is 27.2 Å². The predicted molar refractivity (Wildman–Crippen MR) is 250 cm³/mol. The van der Waals surface area contributed by atoms with Crippen molar-refractivity contribution in [3.8, 4) is 11.8 Å². The molecule has 2 atom stereocenters. The summed E-state index contributed by atoms with van der Waals surface area (Å²) in [5, 5.41) is 13.5. The van der Waals surface area contributed by atoms with Crippen LogP contribution in [-0.4, -0.2) is 129 Å². The number of imidazole rings is 2. The molecule has 1 saturated carbocycles. The number of nitrogens with one attached hydrogen (secondary N) is 3. The van der Waals surface area contributed by atoms with Crippen molar-refractivity contribution in [3.63, 3.8) is 0 Å². The number of nitrogens with zero attached hydrogens (tertiary/aromatic N) is 9. The van der Waals surface area contributed by atoms with Crippen LogP contribution in [0.15, 0.2) is 53.5 Å². The highest BCUT2D eigenvalue weighted by Crippen LogP contribution is 2.45. The maximum absolute atomic E-state index is 16.0. The van der Waals surface area contributed by atoms with Gasteiger partial charge < -0.3 is 20.4 Å². The van der Waals surface area contributed by atoms with Crippen LogP contribution in [0.4, 0.5) is 31.7 Å². The lowest BCUT2D eigenvalue weighted by Crippen LogP contribution is -2.60. The number of amides is 3. The summed E-state index contributed by atoms with van der Waals surface area (Å²) in [5.74, 6) is 3.43. The lowest BCUT2D eigenvalue weighted by Gasteiger charge is -2.51. The van der Waals surface area contributed by atoms with Gasteiger partial charge in [0, 0.05) is 75.7 Å². The van der Waals surface area contributed by atoms with Gasteiger partial charge in [0.25, 0.3) is 11.8 Å². The zero-order chi connectivity index (χ0) is 46.2. The van der Waals surface area contributed by atoms with E-state index in [1.165, 1.54) is 4.57 Å². The topological polar surface area (TPSA) is 157 Å². The van der Waals surface area contributed by atoms with E-state index in [0.29, 0.717) is 55.3 Å². The SMILES string of the molecule is CNc1cc(N2CCc3c(C#CCN4CCC(N5CCC6(CCN(c7ccc8c(c7)n(C)c(=O)n8C7CCC(=O)NC7=O)CC6)CC5)C(F)(F)C4)cccc32)nn2c(C(=O)NC3CC3)cnc12. The van der Waals surface area contributed by atoms with Crippen LogP contribution in [-0.2, 0) is 23.1 Å². The van der Waals surface area contributed by atoms with Crippen molar-refractivity contribution in [2.75, 3.05) is 74.5 Å². The van der Waals surface area contributed by atoms with Crippen molar-refractivity contribution in [2.45, 2.75) is 88.3 Å². The molecule has 16 nitrogen and oxygen atoms in total. The number of fused-ring (bicyclic) bond motifs is 3. The molecule has 3 aromatic heterocycles. The normalized spacial score (nSPS) is 23.0. The molecule has 5 aromatic rings. The van der Waals surface area contributed by atoms with Crippen molar-refractivity contribution >= 4 is 57.3 Å². The minimum atomic E-state index is -2.85. The van der Waals surface area contributed by atoms with Crippen LogP contribution in [0.5, 0.6) is 0 Å². The van der Waals surface area contributed by atoms with E-state index in [2.05, 4.69) is 42.6 Å². The Kier molecular flexibility index (Phi) is 10.8. The lowest BCUT2D eigenvalue weighted by atomic mass is 9.70. The number of anilines is 4. The van der Waals surface area contributed by atoms with Gasteiger partial charge in [0.2, 0.25) is 11.8 Å². The second kappa shape index (κ2) is 16.8. The zero-order valence-corrected chi connectivity index (χ0v) is 38.0. The Morgan fingerprint density at radius 1 is 0.925 bits per heavy atom. The van der Waals surface area contributed by atoms with E-state index in [4.69, 9.17) is 5.10 Å². The van der Waals surface area contributed by atoms with Crippen LogP contribution < -0.4 is 31.4 Å². The average Bonchev–Trinajstić information content (AvgIpc) is 3.75. The van der Waals surface area contributed by atoms with Crippen LogP contribution >= 0.6 is 0 Å². The molecule has 0 radical (unpaired) electrons. The molecule has 67 heavy (non-hydrogen) atoms. The highest BCUT2D eigenvalue weighted by atomic mass is 19.3. The minimum absolute atomic E-state index is 0.121. The number of halogens is 2. The first-order chi connectivity index (χ1) is 32.4. The van der Waals surface area contributed by atoms with Gasteiger partial charge in [-0.15, -0.1) is 5.10 Å². The Morgan fingerprint density at radius 3 is 2.46 bits per heavy atom. The van der Waals surface area contributed by atoms with Gasteiger partial charge in [0.1, 0.15) is 6.04 Å². The molecule has 1 spiro atoms. The van der Waals surface area contributed by atoms with Crippen molar-refractivity contribution in [1.82, 2.24) is 44.2 Å². The number of hydrogen-bond donors (Lipinski definition) is 3. The molecule has 5 aliphatic heterocycles. The van der Waals surface area contributed by atoms with Crippen molar-refractivity contribution in [1.29, 1.82) is 0 Å². The second-order valence-corrected chi connectivity index (χ2v) is 19.5. The number of hydrogen-bond acceptors (Lipinski definition) is 11. The zero-order valence-electron chi connectivity index (χ0n) is 38.0. The number of aromatic nitrogens is 5. The van der Waals surface area contributed by atoms with Gasteiger partial charge in [-0.25, -0.2) is 23.1 Å². The maximum Gasteiger partial charge on any atom is 0.329 e. The van der Waals surface area contributed by atoms with Gasteiger partial charge in [0.05, 0.1) is 42.0 Å². The minimum Gasteiger partial charge on any atom is -0.385 e. The van der Waals surface area contributed by atoms with Gasteiger partial charge >= 0.3 is 5.69 Å². The van der Waals surface area contributed by atoms with Gasteiger partial charge in [-0.1, -0.05) is 17.9 Å². The first-order valence-electron chi connectivity index (χ1n) is 23.8. The van der Waals surface area contributed by atoms with Crippen LogP contribution in [0.2, 0.25) is 0 Å². The Labute approximate surface area is 386 Å². The van der Waals surface area contributed by atoms with Crippen molar-refractivity contribution in [2.24, 2.45) is 12.5 Å². The first-order valence-corrected chi connectivity index (χ1v) is 23.8.